The molecule has 0 aliphatic carbocycles. The molecule has 0 aliphatic heterocycles. The molecule has 0 fully saturated rings. The summed E-state index contributed by atoms with van der Waals surface area (Å²) < 4.78 is 12.7. The Morgan fingerprint density at radius 2 is 2.11 bits per heavy atom. The maximum Gasteiger partial charge on any atom is 0.273 e. The zero-order valence-corrected chi connectivity index (χ0v) is 10.5. The average Bonchev–Trinajstić information content (AvgIpc) is 2.72. The van der Waals surface area contributed by atoms with Crippen molar-refractivity contribution in [2.24, 2.45) is 0 Å². The van der Waals surface area contributed by atoms with Crippen LogP contribution in [-0.2, 0) is 6.42 Å². The first-order chi connectivity index (χ1) is 9.08. The van der Waals surface area contributed by atoms with Crippen LogP contribution in [0.5, 0.6) is 0 Å². The summed E-state index contributed by atoms with van der Waals surface area (Å²) >= 11 is 0. The van der Waals surface area contributed by atoms with Crippen molar-refractivity contribution < 1.29 is 9.18 Å². The quantitative estimate of drug-likeness (QED) is 0.779. The average molecular weight is 262 g/mol. The van der Waals surface area contributed by atoms with Gasteiger partial charge >= 0.3 is 0 Å². The molecule has 2 aromatic rings. The molecule has 1 aromatic carbocycles. The second-order valence-corrected chi connectivity index (χ2v) is 4.24. The van der Waals surface area contributed by atoms with E-state index in [1.165, 1.54) is 12.1 Å². The highest BCUT2D eigenvalue weighted by Crippen LogP contribution is 2.11. The molecular formula is C13H15FN4O. The van der Waals surface area contributed by atoms with Crippen molar-refractivity contribution >= 4 is 11.6 Å². The monoisotopic (exact) mass is 262 g/mol. The van der Waals surface area contributed by atoms with E-state index in [9.17, 15) is 9.18 Å². The van der Waals surface area contributed by atoms with Crippen molar-refractivity contribution in [2.75, 3.05) is 12.3 Å². The van der Waals surface area contributed by atoms with Crippen LogP contribution in [0.1, 0.15) is 21.7 Å². The number of nitrogens with zero attached hydrogens (tertiary/aromatic N) is 1. The Morgan fingerprint density at radius 1 is 1.42 bits per heavy atom. The molecule has 1 heterocycles. The SMILES string of the molecule is Cc1[nH]nc(C(=O)NCCc2ccc(F)cc2)c1N. The number of aromatic nitrogens is 2. The van der Waals surface area contributed by atoms with Crippen LogP contribution in [0.25, 0.3) is 0 Å². The smallest absolute Gasteiger partial charge is 0.273 e. The summed E-state index contributed by atoms with van der Waals surface area (Å²) in [4.78, 5) is 11.8. The van der Waals surface area contributed by atoms with Crippen molar-refractivity contribution in [3.8, 4) is 0 Å². The molecule has 0 spiro atoms. The van der Waals surface area contributed by atoms with Crippen molar-refractivity contribution in [3.05, 3.63) is 47.0 Å². The molecule has 0 aliphatic rings. The molecule has 100 valence electrons. The summed E-state index contributed by atoms with van der Waals surface area (Å²) in [5.41, 5.74) is 7.89. The van der Waals surface area contributed by atoms with Gasteiger partial charge in [-0.3, -0.25) is 9.89 Å². The molecule has 1 amide bonds. The Morgan fingerprint density at radius 3 is 2.68 bits per heavy atom. The van der Waals surface area contributed by atoms with Crippen LogP contribution in [0.2, 0.25) is 0 Å². The van der Waals surface area contributed by atoms with Crippen molar-refractivity contribution in [2.45, 2.75) is 13.3 Å². The third kappa shape index (κ3) is 3.09. The third-order valence-electron chi connectivity index (χ3n) is 2.82. The van der Waals surface area contributed by atoms with Crippen LogP contribution in [-0.4, -0.2) is 22.6 Å². The van der Waals surface area contributed by atoms with E-state index < -0.39 is 0 Å². The van der Waals surface area contributed by atoms with Gasteiger partial charge in [0, 0.05) is 6.54 Å². The molecule has 0 saturated heterocycles. The number of anilines is 1. The minimum Gasteiger partial charge on any atom is -0.395 e. The van der Waals surface area contributed by atoms with Gasteiger partial charge in [-0.2, -0.15) is 5.10 Å². The summed E-state index contributed by atoms with van der Waals surface area (Å²) in [7, 11) is 0. The van der Waals surface area contributed by atoms with E-state index in [0.29, 0.717) is 24.3 Å². The molecule has 0 atom stereocenters. The normalized spacial score (nSPS) is 10.4. The molecule has 2 rings (SSSR count). The summed E-state index contributed by atoms with van der Waals surface area (Å²) in [6, 6.07) is 6.17. The predicted molar refractivity (Wildman–Crippen MR) is 70.2 cm³/mol. The summed E-state index contributed by atoms with van der Waals surface area (Å²) in [5.74, 6) is -0.587. The highest BCUT2D eigenvalue weighted by molar-refractivity contribution is 5.97. The minimum absolute atomic E-state index is 0.205. The first-order valence-electron chi connectivity index (χ1n) is 5.91. The van der Waals surface area contributed by atoms with E-state index >= 15 is 0 Å². The molecule has 0 unspecified atom stereocenters. The number of H-pyrrole nitrogens is 1. The van der Waals surface area contributed by atoms with Gasteiger partial charge in [0.1, 0.15) is 5.82 Å². The van der Waals surface area contributed by atoms with E-state index in [-0.39, 0.29) is 17.4 Å². The number of aryl methyl sites for hydroxylation is 1. The molecule has 4 N–H and O–H groups in total. The fraction of sp³-hybridized carbons (Fsp3) is 0.231. The summed E-state index contributed by atoms with van der Waals surface area (Å²) in [6.45, 7) is 2.19. The number of benzene rings is 1. The van der Waals surface area contributed by atoms with Gasteiger partial charge < -0.3 is 11.1 Å². The predicted octanol–water partition coefficient (Wildman–Crippen LogP) is 1.41. The van der Waals surface area contributed by atoms with Crippen LogP contribution in [0.3, 0.4) is 0 Å². The lowest BCUT2D eigenvalue weighted by Gasteiger charge is -2.04. The number of carbonyl (C=O) groups is 1. The fourth-order valence-electron chi connectivity index (χ4n) is 1.67. The first kappa shape index (κ1) is 13.1. The Balaban J connectivity index is 1.87. The number of rotatable bonds is 4. The zero-order valence-electron chi connectivity index (χ0n) is 10.5. The van der Waals surface area contributed by atoms with Crippen molar-refractivity contribution in [1.29, 1.82) is 0 Å². The minimum atomic E-state index is -0.316. The maximum atomic E-state index is 12.7. The number of nitrogen functional groups attached to an aromatic ring is 1. The molecule has 5 nitrogen and oxygen atoms in total. The van der Waals surface area contributed by atoms with Crippen molar-refractivity contribution in [3.63, 3.8) is 0 Å². The van der Waals surface area contributed by atoms with Crippen LogP contribution < -0.4 is 11.1 Å². The fourth-order valence-corrected chi connectivity index (χ4v) is 1.67. The van der Waals surface area contributed by atoms with Gasteiger partial charge in [0.05, 0.1) is 11.4 Å². The van der Waals surface area contributed by atoms with Crippen LogP contribution in [0.4, 0.5) is 10.1 Å². The second-order valence-electron chi connectivity index (χ2n) is 4.24. The number of nitrogens with two attached hydrogens (primary N) is 1. The lowest BCUT2D eigenvalue weighted by molar-refractivity contribution is 0.0950. The van der Waals surface area contributed by atoms with Crippen LogP contribution in [0, 0.1) is 12.7 Å². The van der Waals surface area contributed by atoms with Gasteiger partial charge in [-0.15, -0.1) is 0 Å². The molecule has 0 radical (unpaired) electrons. The number of halogens is 1. The molecule has 6 heteroatoms. The van der Waals surface area contributed by atoms with E-state index in [4.69, 9.17) is 5.73 Å². The van der Waals surface area contributed by atoms with Gasteiger partial charge in [0.25, 0.3) is 5.91 Å². The van der Waals surface area contributed by atoms with Gasteiger partial charge in [-0.1, -0.05) is 12.1 Å². The van der Waals surface area contributed by atoms with E-state index in [0.717, 1.165) is 5.56 Å². The third-order valence-corrected chi connectivity index (χ3v) is 2.82. The van der Waals surface area contributed by atoms with Gasteiger partial charge in [0.15, 0.2) is 5.69 Å². The van der Waals surface area contributed by atoms with Gasteiger partial charge in [-0.05, 0) is 31.0 Å². The lowest BCUT2D eigenvalue weighted by atomic mass is 10.1. The molecule has 1 aromatic heterocycles. The molecule has 0 saturated carbocycles. The Labute approximate surface area is 110 Å². The number of aromatic amines is 1. The van der Waals surface area contributed by atoms with Crippen molar-refractivity contribution in [1.82, 2.24) is 15.5 Å². The standard InChI is InChI=1S/C13H15FN4O/c1-8-11(15)12(18-17-8)13(19)16-7-6-9-2-4-10(14)5-3-9/h2-5H,6-7,15H2,1H3,(H,16,19)(H,17,18). The highest BCUT2D eigenvalue weighted by atomic mass is 19.1. The van der Waals surface area contributed by atoms with Crippen LogP contribution in [0.15, 0.2) is 24.3 Å². The molecular weight excluding hydrogens is 247 g/mol. The second kappa shape index (κ2) is 5.51. The zero-order chi connectivity index (χ0) is 13.8. The topological polar surface area (TPSA) is 83.8 Å². The Hall–Kier alpha value is -2.37. The maximum absolute atomic E-state index is 12.7. The Kier molecular flexibility index (Phi) is 3.79. The number of nitrogens with one attached hydrogen (secondary N) is 2. The van der Waals surface area contributed by atoms with Crippen LogP contribution >= 0.6 is 0 Å². The summed E-state index contributed by atoms with van der Waals surface area (Å²) in [6.07, 6.45) is 0.620. The Bertz CT molecular complexity index is 577. The highest BCUT2D eigenvalue weighted by Gasteiger charge is 2.14. The lowest BCUT2D eigenvalue weighted by Crippen LogP contribution is -2.26. The first-order valence-corrected chi connectivity index (χ1v) is 5.91. The van der Waals surface area contributed by atoms with E-state index in [1.54, 1.807) is 19.1 Å². The van der Waals surface area contributed by atoms with E-state index in [2.05, 4.69) is 15.5 Å². The molecule has 0 bridgehead atoms. The summed E-state index contributed by atoms with van der Waals surface area (Å²) in [5, 5.41) is 9.22. The number of hydrogen-bond donors (Lipinski definition) is 3. The van der Waals surface area contributed by atoms with Gasteiger partial charge in [0.2, 0.25) is 0 Å². The number of carbonyl (C=O) groups excluding carboxylic acids is 1. The number of hydrogen-bond acceptors (Lipinski definition) is 3. The molecule has 19 heavy (non-hydrogen) atoms. The number of amides is 1. The van der Waals surface area contributed by atoms with E-state index in [1.807, 2.05) is 0 Å². The van der Waals surface area contributed by atoms with Gasteiger partial charge in [-0.25, -0.2) is 4.39 Å². The largest absolute Gasteiger partial charge is 0.395 e.